The van der Waals surface area contributed by atoms with Crippen LogP contribution < -0.4 is 0 Å². The van der Waals surface area contributed by atoms with Gasteiger partial charge in [-0.3, -0.25) is 4.79 Å². The van der Waals surface area contributed by atoms with Crippen LogP contribution in [0, 0.1) is 0 Å². The second-order valence-electron chi connectivity index (χ2n) is 5.34. The first-order chi connectivity index (χ1) is 9.13. The number of rotatable bonds is 14. The Balaban J connectivity index is 2.99. The van der Waals surface area contributed by atoms with Crippen molar-refractivity contribution in [1.29, 1.82) is 0 Å². The van der Waals surface area contributed by atoms with Gasteiger partial charge in [-0.05, 0) is 19.8 Å². The molecule has 0 fully saturated rings. The van der Waals surface area contributed by atoms with Gasteiger partial charge in [-0.2, -0.15) is 0 Å². The van der Waals surface area contributed by atoms with Crippen LogP contribution in [0.15, 0.2) is 12.2 Å². The normalized spacial score (nSPS) is 10.6. The van der Waals surface area contributed by atoms with Crippen LogP contribution in [0.4, 0.5) is 0 Å². The van der Waals surface area contributed by atoms with E-state index < -0.39 is 5.97 Å². The van der Waals surface area contributed by atoms with E-state index in [0.29, 0.717) is 13.0 Å². The van der Waals surface area contributed by atoms with Gasteiger partial charge < -0.3 is 9.84 Å². The molecule has 3 heteroatoms. The third-order valence-corrected chi connectivity index (χ3v) is 3.03. The minimum absolute atomic E-state index is 0.324. The molecule has 0 bridgehead atoms. The number of carbonyl (C=O) groups is 1. The molecule has 0 saturated heterocycles. The van der Waals surface area contributed by atoms with Crippen molar-refractivity contribution in [1.82, 2.24) is 0 Å². The van der Waals surface area contributed by atoms with Gasteiger partial charge in [0.05, 0.1) is 6.61 Å². The highest BCUT2D eigenvalue weighted by molar-refractivity contribution is 5.66. The minimum Gasteiger partial charge on any atom is -0.481 e. The number of hydrogen-bond acceptors (Lipinski definition) is 2. The molecule has 19 heavy (non-hydrogen) atoms. The third-order valence-electron chi connectivity index (χ3n) is 3.03. The smallest absolute Gasteiger partial charge is 0.303 e. The molecule has 0 rings (SSSR count). The fourth-order valence-corrected chi connectivity index (χ4v) is 1.96. The van der Waals surface area contributed by atoms with E-state index in [2.05, 4.69) is 6.58 Å². The molecule has 0 unspecified atom stereocenters. The van der Waals surface area contributed by atoms with E-state index in [1.165, 1.54) is 38.5 Å². The van der Waals surface area contributed by atoms with Gasteiger partial charge in [-0.25, -0.2) is 0 Å². The lowest BCUT2D eigenvalue weighted by atomic mass is 10.1. The van der Waals surface area contributed by atoms with E-state index in [-0.39, 0.29) is 0 Å². The summed E-state index contributed by atoms with van der Waals surface area (Å²) in [5, 5.41) is 8.49. The predicted molar refractivity (Wildman–Crippen MR) is 79.4 cm³/mol. The number of unbranched alkanes of at least 4 members (excludes halogenated alkanes) is 8. The molecule has 3 nitrogen and oxygen atoms in total. The molecular formula is C16H30O3. The average molecular weight is 270 g/mol. The van der Waals surface area contributed by atoms with Crippen molar-refractivity contribution in [3.63, 3.8) is 0 Å². The summed E-state index contributed by atoms with van der Waals surface area (Å²) in [7, 11) is 0. The molecular weight excluding hydrogens is 240 g/mol. The fourth-order valence-electron chi connectivity index (χ4n) is 1.96. The van der Waals surface area contributed by atoms with Crippen LogP contribution >= 0.6 is 0 Å². The molecule has 0 aromatic heterocycles. The summed E-state index contributed by atoms with van der Waals surface area (Å²) in [5.74, 6) is -0.672. The summed E-state index contributed by atoms with van der Waals surface area (Å²) in [4.78, 5) is 10.3. The molecule has 0 aliphatic carbocycles. The van der Waals surface area contributed by atoms with Gasteiger partial charge in [-0.15, -0.1) is 0 Å². The first-order valence-corrected chi connectivity index (χ1v) is 7.57. The number of carboxylic acid groups (broad SMARTS) is 1. The van der Waals surface area contributed by atoms with Gasteiger partial charge in [0.2, 0.25) is 0 Å². The van der Waals surface area contributed by atoms with Crippen LogP contribution in [0.5, 0.6) is 0 Å². The van der Waals surface area contributed by atoms with Crippen molar-refractivity contribution >= 4 is 5.97 Å². The van der Waals surface area contributed by atoms with Crippen molar-refractivity contribution in [3.05, 3.63) is 12.2 Å². The lowest BCUT2D eigenvalue weighted by Crippen LogP contribution is -1.97. The van der Waals surface area contributed by atoms with Gasteiger partial charge in [0.25, 0.3) is 0 Å². The van der Waals surface area contributed by atoms with Crippen LogP contribution in [0.1, 0.15) is 71.1 Å². The Morgan fingerprint density at radius 2 is 1.42 bits per heavy atom. The Morgan fingerprint density at radius 1 is 0.947 bits per heavy atom. The molecule has 0 amide bonds. The van der Waals surface area contributed by atoms with Crippen molar-refractivity contribution in [2.24, 2.45) is 0 Å². The summed E-state index contributed by atoms with van der Waals surface area (Å²) < 4.78 is 5.44. The maximum absolute atomic E-state index is 10.3. The lowest BCUT2D eigenvalue weighted by Gasteiger charge is -2.04. The highest BCUT2D eigenvalue weighted by Crippen LogP contribution is 2.10. The van der Waals surface area contributed by atoms with E-state index in [1.807, 2.05) is 6.92 Å². The first kappa shape index (κ1) is 18.2. The largest absolute Gasteiger partial charge is 0.481 e. The molecule has 0 spiro atoms. The van der Waals surface area contributed by atoms with Gasteiger partial charge in [0.1, 0.15) is 0 Å². The van der Waals surface area contributed by atoms with Gasteiger partial charge in [-0.1, -0.05) is 57.1 Å². The van der Waals surface area contributed by atoms with Crippen molar-refractivity contribution in [2.75, 3.05) is 13.2 Å². The first-order valence-electron chi connectivity index (χ1n) is 7.57. The van der Waals surface area contributed by atoms with E-state index in [0.717, 1.165) is 31.4 Å². The molecule has 0 saturated carbocycles. The highest BCUT2D eigenvalue weighted by atomic mass is 16.5. The Morgan fingerprint density at radius 3 is 1.89 bits per heavy atom. The molecule has 0 radical (unpaired) electrons. The van der Waals surface area contributed by atoms with E-state index in [9.17, 15) is 4.79 Å². The SMILES string of the molecule is C=C(C)COCCCCCCCCCCCC(=O)O. The van der Waals surface area contributed by atoms with Crippen LogP contribution in [-0.4, -0.2) is 24.3 Å². The average Bonchev–Trinajstić information content (AvgIpc) is 2.34. The number of ether oxygens (including phenoxy) is 1. The molecule has 0 aliphatic heterocycles. The second kappa shape index (κ2) is 13.6. The second-order valence-corrected chi connectivity index (χ2v) is 5.34. The number of hydrogen-bond donors (Lipinski definition) is 1. The molecule has 0 aromatic carbocycles. The Kier molecular flexibility index (Phi) is 13.0. The van der Waals surface area contributed by atoms with Crippen LogP contribution in [0.25, 0.3) is 0 Å². The Hall–Kier alpha value is -0.830. The van der Waals surface area contributed by atoms with Crippen LogP contribution in [-0.2, 0) is 9.53 Å². The monoisotopic (exact) mass is 270 g/mol. The van der Waals surface area contributed by atoms with Crippen LogP contribution in [0.3, 0.4) is 0 Å². The molecule has 112 valence electrons. The molecule has 0 heterocycles. The maximum Gasteiger partial charge on any atom is 0.303 e. The maximum atomic E-state index is 10.3. The minimum atomic E-state index is -0.672. The molecule has 0 aliphatic rings. The predicted octanol–water partition coefficient (Wildman–Crippen LogP) is 4.56. The number of carboxylic acids is 1. The Bertz CT molecular complexity index is 212. The van der Waals surface area contributed by atoms with Crippen molar-refractivity contribution in [3.8, 4) is 0 Å². The van der Waals surface area contributed by atoms with E-state index in [4.69, 9.17) is 9.84 Å². The van der Waals surface area contributed by atoms with Gasteiger partial charge in [0, 0.05) is 13.0 Å². The van der Waals surface area contributed by atoms with Crippen LogP contribution in [0.2, 0.25) is 0 Å². The van der Waals surface area contributed by atoms with Crippen molar-refractivity contribution in [2.45, 2.75) is 71.1 Å². The van der Waals surface area contributed by atoms with Crippen molar-refractivity contribution < 1.29 is 14.6 Å². The quantitative estimate of drug-likeness (QED) is 0.371. The van der Waals surface area contributed by atoms with Gasteiger partial charge in [0.15, 0.2) is 0 Å². The van der Waals surface area contributed by atoms with E-state index in [1.54, 1.807) is 0 Å². The lowest BCUT2D eigenvalue weighted by molar-refractivity contribution is -0.137. The highest BCUT2D eigenvalue weighted by Gasteiger charge is 1.96. The van der Waals surface area contributed by atoms with Gasteiger partial charge >= 0.3 is 5.97 Å². The molecule has 0 aromatic rings. The third kappa shape index (κ3) is 17.2. The zero-order valence-corrected chi connectivity index (χ0v) is 12.5. The summed E-state index contributed by atoms with van der Waals surface area (Å²) in [5.41, 5.74) is 1.09. The topological polar surface area (TPSA) is 46.5 Å². The standard InChI is InChI=1S/C16H30O3/c1-15(2)14-19-13-11-9-7-5-3-4-6-8-10-12-16(17)18/h1,3-14H2,2H3,(H,17,18). The number of aliphatic carboxylic acids is 1. The summed E-state index contributed by atoms with van der Waals surface area (Å²) in [6.45, 7) is 7.32. The summed E-state index contributed by atoms with van der Waals surface area (Å²) in [6.07, 6.45) is 10.9. The van der Waals surface area contributed by atoms with E-state index >= 15 is 0 Å². The zero-order valence-electron chi connectivity index (χ0n) is 12.5. The molecule has 0 atom stereocenters. The zero-order chi connectivity index (χ0) is 14.3. The molecule has 1 N–H and O–H groups in total. The Labute approximate surface area is 118 Å². The fraction of sp³-hybridized carbons (Fsp3) is 0.812. The summed E-state index contributed by atoms with van der Waals surface area (Å²) in [6, 6.07) is 0. The summed E-state index contributed by atoms with van der Waals surface area (Å²) >= 11 is 0.